The molecular formula is C19H32N2O4. The van der Waals surface area contributed by atoms with Gasteiger partial charge in [-0.25, -0.2) is 0 Å². The molecule has 6 heteroatoms. The molecule has 3 saturated heterocycles. The number of nitrogens with zero attached hydrogens (tertiary/aromatic N) is 2. The van der Waals surface area contributed by atoms with E-state index in [1.807, 2.05) is 23.6 Å². The third-order valence-corrected chi connectivity index (χ3v) is 5.88. The Morgan fingerprint density at radius 3 is 2.12 bits per heavy atom. The molecule has 3 aliphatic rings. The van der Waals surface area contributed by atoms with Crippen LogP contribution in [0.2, 0.25) is 0 Å². The zero-order chi connectivity index (χ0) is 18.0. The summed E-state index contributed by atoms with van der Waals surface area (Å²) in [5, 5.41) is 0. The first kappa shape index (κ1) is 18.6. The Hall–Kier alpha value is -1.14. The lowest BCUT2D eigenvalue weighted by Gasteiger charge is -2.41. The van der Waals surface area contributed by atoms with Crippen LogP contribution >= 0.6 is 0 Å². The molecule has 0 aromatic carbocycles. The Bertz CT molecular complexity index is 474. The number of fused-ring (bicyclic) bond motifs is 2. The zero-order valence-electron chi connectivity index (χ0n) is 15.8. The van der Waals surface area contributed by atoms with Gasteiger partial charge in [-0.1, -0.05) is 13.8 Å². The number of rotatable bonds is 5. The van der Waals surface area contributed by atoms with Crippen molar-refractivity contribution in [2.24, 2.45) is 5.92 Å². The van der Waals surface area contributed by atoms with Gasteiger partial charge in [0.05, 0.1) is 12.2 Å². The van der Waals surface area contributed by atoms with Gasteiger partial charge in [0.15, 0.2) is 0 Å². The lowest BCUT2D eigenvalue weighted by atomic mass is 9.98. The van der Waals surface area contributed by atoms with Crippen molar-refractivity contribution in [2.45, 2.75) is 76.7 Å². The van der Waals surface area contributed by atoms with Crippen molar-refractivity contribution >= 4 is 11.8 Å². The summed E-state index contributed by atoms with van der Waals surface area (Å²) in [5.74, 6) is 0.442. The van der Waals surface area contributed by atoms with Crippen LogP contribution < -0.4 is 0 Å². The quantitative estimate of drug-likeness (QED) is 0.757. The summed E-state index contributed by atoms with van der Waals surface area (Å²) in [5.41, 5.74) is 0. The lowest BCUT2D eigenvalue weighted by Crippen LogP contribution is -2.51. The van der Waals surface area contributed by atoms with E-state index in [9.17, 15) is 9.59 Å². The van der Waals surface area contributed by atoms with Crippen molar-refractivity contribution in [3.8, 4) is 0 Å². The van der Waals surface area contributed by atoms with Crippen LogP contribution in [0, 0.1) is 5.92 Å². The van der Waals surface area contributed by atoms with E-state index in [1.54, 1.807) is 7.11 Å². The summed E-state index contributed by atoms with van der Waals surface area (Å²) in [7, 11) is 1.58. The molecule has 2 amide bonds. The van der Waals surface area contributed by atoms with Crippen LogP contribution in [-0.2, 0) is 19.1 Å². The van der Waals surface area contributed by atoms with Gasteiger partial charge in [-0.3, -0.25) is 9.59 Å². The number of methoxy groups -OCH3 is 1. The normalized spacial score (nSPS) is 30.2. The standard InChI is InChI=1S/C19H32N2O4/c1-13(2)19(23)20-8-6-16(7-9-20)25-17-10-14-4-5-15(11-17)21(14)18(22)12-24-3/h13-17H,4-12H2,1-3H3. The molecule has 3 rings (SSSR count). The summed E-state index contributed by atoms with van der Waals surface area (Å²) in [6.45, 7) is 5.71. The fourth-order valence-corrected chi connectivity index (χ4v) is 4.69. The second-order valence-corrected chi connectivity index (χ2v) is 8.03. The maximum atomic E-state index is 12.2. The second-order valence-electron chi connectivity index (χ2n) is 8.03. The first-order valence-electron chi connectivity index (χ1n) is 9.74. The molecule has 0 aromatic rings. The van der Waals surface area contributed by atoms with Crippen LogP contribution in [0.4, 0.5) is 0 Å². The first-order valence-corrected chi connectivity index (χ1v) is 9.74. The summed E-state index contributed by atoms with van der Waals surface area (Å²) in [6.07, 6.45) is 6.41. The minimum Gasteiger partial charge on any atom is -0.375 e. The molecule has 0 aliphatic carbocycles. The van der Waals surface area contributed by atoms with E-state index in [1.165, 1.54) is 0 Å². The van der Waals surface area contributed by atoms with Gasteiger partial charge in [0, 0.05) is 38.2 Å². The van der Waals surface area contributed by atoms with Gasteiger partial charge in [-0.15, -0.1) is 0 Å². The summed E-state index contributed by atoms with van der Waals surface area (Å²) < 4.78 is 11.4. The van der Waals surface area contributed by atoms with E-state index in [0.29, 0.717) is 12.1 Å². The average Bonchev–Trinajstić information content (AvgIpc) is 2.86. The largest absolute Gasteiger partial charge is 0.375 e. The Labute approximate surface area is 150 Å². The van der Waals surface area contributed by atoms with Gasteiger partial charge >= 0.3 is 0 Å². The van der Waals surface area contributed by atoms with Crippen molar-refractivity contribution in [3.05, 3.63) is 0 Å². The second kappa shape index (κ2) is 8.04. The molecule has 3 aliphatic heterocycles. The molecular weight excluding hydrogens is 320 g/mol. The highest BCUT2D eigenvalue weighted by molar-refractivity contribution is 5.79. The Morgan fingerprint density at radius 2 is 1.60 bits per heavy atom. The molecule has 142 valence electrons. The highest BCUT2D eigenvalue weighted by Gasteiger charge is 2.44. The van der Waals surface area contributed by atoms with Gasteiger partial charge in [0.25, 0.3) is 0 Å². The molecule has 2 bridgehead atoms. The van der Waals surface area contributed by atoms with Gasteiger partial charge in [0.2, 0.25) is 11.8 Å². The van der Waals surface area contributed by atoms with Gasteiger partial charge in [-0.2, -0.15) is 0 Å². The van der Waals surface area contributed by atoms with Crippen LogP contribution in [0.25, 0.3) is 0 Å². The number of amides is 2. The number of hydrogen-bond donors (Lipinski definition) is 0. The first-order chi connectivity index (χ1) is 12.0. The summed E-state index contributed by atoms with van der Waals surface area (Å²) in [4.78, 5) is 28.3. The van der Waals surface area contributed by atoms with E-state index >= 15 is 0 Å². The SMILES string of the molecule is COCC(=O)N1C2CCC1CC(OC1CCN(C(=O)C(C)C)CC1)C2. The minimum atomic E-state index is 0.0713. The van der Waals surface area contributed by atoms with Crippen LogP contribution in [0.15, 0.2) is 0 Å². The summed E-state index contributed by atoms with van der Waals surface area (Å²) in [6, 6.07) is 0.628. The Morgan fingerprint density at radius 1 is 1.00 bits per heavy atom. The highest BCUT2D eigenvalue weighted by atomic mass is 16.5. The van der Waals surface area contributed by atoms with Crippen molar-refractivity contribution in [2.75, 3.05) is 26.8 Å². The number of carbonyl (C=O) groups is 2. The number of piperidine rings is 2. The molecule has 2 unspecified atom stereocenters. The molecule has 2 atom stereocenters. The molecule has 0 radical (unpaired) electrons. The van der Waals surface area contributed by atoms with Crippen molar-refractivity contribution in [1.29, 1.82) is 0 Å². The third-order valence-electron chi connectivity index (χ3n) is 5.88. The van der Waals surface area contributed by atoms with E-state index < -0.39 is 0 Å². The van der Waals surface area contributed by atoms with Crippen LogP contribution in [-0.4, -0.2) is 72.7 Å². The fraction of sp³-hybridized carbons (Fsp3) is 0.895. The topological polar surface area (TPSA) is 59.1 Å². The van der Waals surface area contributed by atoms with Crippen LogP contribution in [0.1, 0.15) is 52.4 Å². The molecule has 25 heavy (non-hydrogen) atoms. The third kappa shape index (κ3) is 4.17. The van der Waals surface area contributed by atoms with E-state index in [2.05, 4.69) is 0 Å². The number of hydrogen-bond acceptors (Lipinski definition) is 4. The number of ether oxygens (including phenoxy) is 2. The monoisotopic (exact) mass is 352 g/mol. The van der Waals surface area contributed by atoms with Crippen LogP contribution in [0.5, 0.6) is 0 Å². The maximum Gasteiger partial charge on any atom is 0.249 e. The molecule has 0 saturated carbocycles. The smallest absolute Gasteiger partial charge is 0.249 e. The predicted molar refractivity (Wildman–Crippen MR) is 94.1 cm³/mol. The maximum absolute atomic E-state index is 12.2. The van der Waals surface area contributed by atoms with E-state index in [0.717, 1.165) is 51.6 Å². The molecule has 3 fully saturated rings. The van der Waals surface area contributed by atoms with Gasteiger partial charge < -0.3 is 19.3 Å². The number of likely N-dealkylation sites (tertiary alicyclic amines) is 1. The van der Waals surface area contributed by atoms with Crippen molar-refractivity contribution < 1.29 is 19.1 Å². The number of carbonyl (C=O) groups excluding carboxylic acids is 2. The van der Waals surface area contributed by atoms with Crippen molar-refractivity contribution in [1.82, 2.24) is 9.80 Å². The minimum absolute atomic E-state index is 0.0713. The highest BCUT2D eigenvalue weighted by Crippen LogP contribution is 2.38. The van der Waals surface area contributed by atoms with Gasteiger partial charge in [-0.05, 0) is 38.5 Å². The molecule has 0 N–H and O–H groups in total. The van der Waals surface area contributed by atoms with Crippen LogP contribution in [0.3, 0.4) is 0 Å². The molecule has 6 nitrogen and oxygen atoms in total. The molecule has 3 heterocycles. The van der Waals surface area contributed by atoms with E-state index in [-0.39, 0.29) is 36.5 Å². The molecule has 0 spiro atoms. The van der Waals surface area contributed by atoms with Gasteiger partial charge in [0.1, 0.15) is 6.61 Å². The fourth-order valence-electron chi connectivity index (χ4n) is 4.69. The summed E-state index contributed by atoms with van der Waals surface area (Å²) >= 11 is 0. The van der Waals surface area contributed by atoms with E-state index in [4.69, 9.17) is 9.47 Å². The Kier molecular flexibility index (Phi) is 6.00. The lowest BCUT2D eigenvalue weighted by molar-refractivity contribution is -0.145. The van der Waals surface area contributed by atoms with Crippen molar-refractivity contribution in [3.63, 3.8) is 0 Å². The average molecular weight is 352 g/mol. The zero-order valence-corrected chi connectivity index (χ0v) is 15.8. The molecule has 0 aromatic heterocycles. The Balaban J connectivity index is 1.47. The predicted octanol–water partition coefficient (Wildman–Crippen LogP) is 1.82.